The molecule has 0 spiro atoms. The Labute approximate surface area is 292 Å². The number of primary amides is 2. The number of ether oxygens (including phenoxy) is 1. The van der Waals surface area contributed by atoms with Gasteiger partial charge in [-0.2, -0.15) is 0 Å². The molecular formula is C41H57F2N3O3. The van der Waals surface area contributed by atoms with Crippen molar-refractivity contribution in [1.82, 2.24) is 0 Å². The fraction of sp³-hybridized carbons (Fsp3) is 0.512. The van der Waals surface area contributed by atoms with Gasteiger partial charge >= 0.3 is 0 Å². The number of rotatable bonds is 9. The standard InChI is InChI=1S/C16H15F2NO.C15H21NO2.C8H15N.C2H6/c1-11-2-4-12(5-3-11)13-6-8-14(9-7-13)16(17,18)10-15(19)20;16-15(17)10-12-6-8-14(9-7-12)18-11-13-4-2-1-3-5-13;9-8-4-6-1-2-7(3-6)5-8;1-2/h2-9H,10H2,1H3,(H2,19,20);6-9,13H,1-5,10-11H2,(H2,16,17);6-8H,1-5,9H2;1-2H3. The average Bonchev–Trinajstić information content (AvgIpc) is 3.43. The van der Waals surface area contributed by atoms with Crippen molar-refractivity contribution in [2.24, 2.45) is 35.0 Å². The Bertz CT molecular complexity index is 1390. The molecule has 6 rings (SSSR count). The quantitative estimate of drug-likeness (QED) is 0.209. The van der Waals surface area contributed by atoms with Crippen LogP contribution in [0.3, 0.4) is 0 Å². The summed E-state index contributed by atoms with van der Waals surface area (Å²) in [6.45, 7) is 6.80. The normalized spacial score (nSPS) is 19.9. The summed E-state index contributed by atoms with van der Waals surface area (Å²) in [4.78, 5) is 21.4. The first kappa shape index (κ1) is 39.7. The first-order valence-corrected chi connectivity index (χ1v) is 18.1. The Balaban J connectivity index is 0.000000205. The highest BCUT2D eigenvalue weighted by atomic mass is 19.3. The Morgan fingerprint density at radius 2 is 1.27 bits per heavy atom. The van der Waals surface area contributed by atoms with E-state index in [4.69, 9.17) is 21.9 Å². The number of carbonyl (C=O) groups is 2. The molecule has 2 atom stereocenters. The maximum atomic E-state index is 13.7. The lowest BCUT2D eigenvalue weighted by Crippen LogP contribution is -2.28. The van der Waals surface area contributed by atoms with Gasteiger partial charge < -0.3 is 21.9 Å². The number of benzene rings is 3. The van der Waals surface area contributed by atoms with Crippen molar-refractivity contribution in [3.05, 3.63) is 89.5 Å². The topological polar surface area (TPSA) is 121 Å². The van der Waals surface area contributed by atoms with Crippen molar-refractivity contribution in [2.45, 2.75) is 110 Å². The molecule has 2 bridgehead atoms. The number of hydrogen-bond donors (Lipinski definition) is 3. The molecule has 0 aliphatic heterocycles. The maximum Gasteiger partial charge on any atom is 0.281 e. The second-order valence-electron chi connectivity index (χ2n) is 13.7. The number of hydrogen-bond acceptors (Lipinski definition) is 4. The van der Waals surface area contributed by atoms with Crippen molar-refractivity contribution >= 4 is 11.8 Å². The van der Waals surface area contributed by atoms with Crippen LogP contribution in [0.1, 0.15) is 101 Å². The van der Waals surface area contributed by atoms with Crippen molar-refractivity contribution in [1.29, 1.82) is 0 Å². The summed E-state index contributed by atoms with van der Waals surface area (Å²) in [6, 6.07) is 21.9. The third kappa shape index (κ3) is 13.9. The van der Waals surface area contributed by atoms with Gasteiger partial charge in [0.2, 0.25) is 11.8 Å². The molecule has 3 aliphatic carbocycles. The molecule has 6 N–H and O–H groups in total. The van der Waals surface area contributed by atoms with Gasteiger partial charge in [0.25, 0.3) is 5.92 Å². The van der Waals surface area contributed by atoms with E-state index in [-0.39, 0.29) is 11.5 Å². The predicted octanol–water partition coefficient (Wildman–Crippen LogP) is 8.85. The van der Waals surface area contributed by atoms with E-state index in [0.29, 0.717) is 18.4 Å². The van der Waals surface area contributed by atoms with Gasteiger partial charge in [-0.25, -0.2) is 8.78 Å². The van der Waals surface area contributed by atoms with Gasteiger partial charge in [0.1, 0.15) is 5.75 Å². The predicted molar refractivity (Wildman–Crippen MR) is 195 cm³/mol. The third-order valence-corrected chi connectivity index (χ3v) is 9.52. The molecule has 0 saturated heterocycles. The summed E-state index contributed by atoms with van der Waals surface area (Å²) >= 11 is 0. The lowest BCUT2D eigenvalue weighted by atomic mass is 9.86. The lowest BCUT2D eigenvalue weighted by molar-refractivity contribution is -0.126. The van der Waals surface area contributed by atoms with E-state index >= 15 is 0 Å². The molecule has 0 radical (unpaired) electrons. The fourth-order valence-electron chi connectivity index (χ4n) is 7.01. The third-order valence-electron chi connectivity index (χ3n) is 9.52. The van der Waals surface area contributed by atoms with Crippen molar-refractivity contribution in [2.75, 3.05) is 6.61 Å². The molecule has 0 aromatic heterocycles. The summed E-state index contributed by atoms with van der Waals surface area (Å²) in [5.74, 6) is -0.920. The number of carbonyl (C=O) groups excluding carboxylic acids is 2. The largest absolute Gasteiger partial charge is 0.493 e. The molecule has 3 aromatic carbocycles. The van der Waals surface area contributed by atoms with E-state index in [9.17, 15) is 18.4 Å². The second kappa shape index (κ2) is 20.0. The SMILES string of the molecule is CC.Cc1ccc(-c2ccc(C(F)(F)CC(N)=O)cc2)cc1.NC(=O)Cc1ccc(OCC2CCCCC2)cc1.NC1CC2CCC(C1)C2. The van der Waals surface area contributed by atoms with Crippen molar-refractivity contribution in [3.63, 3.8) is 0 Å². The molecule has 3 saturated carbocycles. The van der Waals surface area contributed by atoms with Crippen LogP contribution in [0.5, 0.6) is 5.75 Å². The molecule has 2 unspecified atom stereocenters. The van der Waals surface area contributed by atoms with Gasteiger partial charge in [-0.05, 0) is 85.6 Å². The van der Waals surface area contributed by atoms with Crippen LogP contribution in [0.15, 0.2) is 72.8 Å². The fourth-order valence-corrected chi connectivity index (χ4v) is 7.01. The van der Waals surface area contributed by atoms with Crippen LogP contribution < -0.4 is 21.9 Å². The average molecular weight is 678 g/mol. The van der Waals surface area contributed by atoms with Crippen LogP contribution in [0, 0.1) is 24.7 Å². The Morgan fingerprint density at radius 1 is 0.735 bits per heavy atom. The Hall–Kier alpha value is -3.78. The minimum Gasteiger partial charge on any atom is -0.493 e. The van der Waals surface area contributed by atoms with E-state index in [1.165, 1.54) is 76.3 Å². The van der Waals surface area contributed by atoms with Crippen LogP contribution in [0.2, 0.25) is 0 Å². The molecule has 268 valence electrons. The molecule has 3 fully saturated rings. The zero-order valence-corrected chi connectivity index (χ0v) is 29.6. The molecule has 8 heteroatoms. The number of amides is 2. The summed E-state index contributed by atoms with van der Waals surface area (Å²) in [5.41, 5.74) is 19.5. The minimum atomic E-state index is -3.22. The molecule has 3 aliphatic rings. The van der Waals surface area contributed by atoms with Gasteiger partial charge in [0, 0.05) is 11.6 Å². The van der Waals surface area contributed by atoms with Gasteiger partial charge in [-0.15, -0.1) is 0 Å². The highest BCUT2D eigenvalue weighted by Crippen LogP contribution is 2.41. The number of fused-ring (bicyclic) bond motifs is 2. The number of aryl methyl sites for hydroxylation is 1. The zero-order chi connectivity index (χ0) is 35.8. The smallest absolute Gasteiger partial charge is 0.281 e. The maximum absolute atomic E-state index is 13.7. The van der Waals surface area contributed by atoms with Gasteiger partial charge in [-0.3, -0.25) is 9.59 Å². The molecule has 0 heterocycles. The molecule has 2 amide bonds. The highest BCUT2D eigenvalue weighted by Gasteiger charge is 2.34. The summed E-state index contributed by atoms with van der Waals surface area (Å²) < 4.78 is 33.2. The van der Waals surface area contributed by atoms with Gasteiger partial charge in [0.15, 0.2) is 0 Å². The van der Waals surface area contributed by atoms with Crippen LogP contribution >= 0.6 is 0 Å². The molecule has 3 aromatic rings. The minimum absolute atomic E-state index is 0.202. The van der Waals surface area contributed by atoms with E-state index < -0.39 is 18.3 Å². The first-order chi connectivity index (χ1) is 23.5. The first-order valence-electron chi connectivity index (χ1n) is 18.1. The molecular weight excluding hydrogens is 620 g/mol. The number of halogens is 2. The van der Waals surface area contributed by atoms with Gasteiger partial charge in [0.05, 0.1) is 19.4 Å². The van der Waals surface area contributed by atoms with Crippen LogP contribution in [0.4, 0.5) is 8.78 Å². The number of nitrogens with two attached hydrogens (primary N) is 3. The van der Waals surface area contributed by atoms with Gasteiger partial charge in [-0.1, -0.05) is 112 Å². The van der Waals surface area contributed by atoms with Crippen molar-refractivity contribution < 1.29 is 23.1 Å². The number of alkyl halides is 2. The summed E-state index contributed by atoms with van der Waals surface area (Å²) in [7, 11) is 0. The summed E-state index contributed by atoms with van der Waals surface area (Å²) in [6.07, 6.45) is 13.0. The lowest BCUT2D eigenvalue weighted by Gasteiger charge is -2.23. The zero-order valence-electron chi connectivity index (χ0n) is 29.6. The highest BCUT2D eigenvalue weighted by molar-refractivity contribution is 5.76. The molecule has 49 heavy (non-hydrogen) atoms. The van der Waals surface area contributed by atoms with E-state index in [1.807, 2.05) is 69.3 Å². The monoisotopic (exact) mass is 677 g/mol. The Morgan fingerprint density at radius 3 is 1.78 bits per heavy atom. The van der Waals surface area contributed by atoms with E-state index in [1.54, 1.807) is 12.1 Å². The summed E-state index contributed by atoms with van der Waals surface area (Å²) in [5, 5.41) is 0. The Kier molecular flexibility index (Phi) is 16.2. The van der Waals surface area contributed by atoms with E-state index in [0.717, 1.165) is 46.4 Å². The van der Waals surface area contributed by atoms with Crippen LogP contribution in [-0.2, 0) is 21.9 Å². The second-order valence-corrected chi connectivity index (χ2v) is 13.7. The van der Waals surface area contributed by atoms with Crippen LogP contribution in [0.25, 0.3) is 11.1 Å². The van der Waals surface area contributed by atoms with E-state index in [2.05, 4.69) is 0 Å². The molecule has 6 nitrogen and oxygen atoms in total. The van der Waals surface area contributed by atoms with Crippen LogP contribution in [-0.4, -0.2) is 24.5 Å². The van der Waals surface area contributed by atoms with Crippen molar-refractivity contribution in [3.8, 4) is 16.9 Å².